The first kappa shape index (κ1) is 30.6. The number of benzene rings is 7. The van der Waals surface area contributed by atoms with Gasteiger partial charge in [-0.2, -0.15) is 0 Å². The fourth-order valence-corrected chi connectivity index (χ4v) is 11.1. The summed E-state index contributed by atoms with van der Waals surface area (Å²) in [4.78, 5) is 0. The Morgan fingerprint density at radius 1 is 0.373 bits per heavy atom. The molecule has 0 fully saturated rings. The van der Waals surface area contributed by atoms with E-state index in [2.05, 4.69) is 191 Å². The second-order valence-corrected chi connectivity index (χ2v) is 21.5. The van der Waals surface area contributed by atoms with E-state index >= 15 is 0 Å². The Balaban J connectivity index is 1.23. The van der Waals surface area contributed by atoms with Gasteiger partial charge in [-0.15, -0.1) is 0 Å². The Hall–Kier alpha value is -5.24. The van der Waals surface area contributed by atoms with Crippen molar-refractivity contribution in [2.45, 2.75) is 50.2 Å². The van der Waals surface area contributed by atoms with Crippen molar-refractivity contribution >= 4 is 13.3 Å². The number of fused-ring (bicyclic) bond motifs is 13. The summed E-state index contributed by atoms with van der Waals surface area (Å²) in [6.07, 6.45) is 0. The second-order valence-electron chi connectivity index (χ2n) is 16.5. The van der Waals surface area contributed by atoms with E-state index in [0.717, 1.165) is 0 Å². The van der Waals surface area contributed by atoms with Gasteiger partial charge in [-0.05, 0) is 83.5 Å². The predicted molar refractivity (Wildman–Crippen MR) is 217 cm³/mol. The molecule has 0 saturated carbocycles. The molecule has 0 amide bonds. The van der Waals surface area contributed by atoms with E-state index in [-0.39, 0.29) is 16.7 Å². The molecule has 0 aromatic heterocycles. The van der Waals surface area contributed by atoms with Gasteiger partial charge in [0.05, 0.1) is 13.5 Å². The Labute approximate surface area is 303 Å². The summed E-state index contributed by atoms with van der Waals surface area (Å²) >= 11 is 0. The fraction of sp³-hybridized carbons (Fsp3) is 0.160. The average Bonchev–Trinajstić information content (AvgIpc) is 3.70. The van der Waals surface area contributed by atoms with Crippen LogP contribution in [0.25, 0.3) is 33.4 Å². The van der Waals surface area contributed by atoms with Crippen LogP contribution in [0.1, 0.15) is 69.8 Å². The molecule has 7 aromatic carbocycles. The molecule has 10 rings (SSSR count). The fourth-order valence-electron chi connectivity index (χ4n) is 9.95. The monoisotopic (exact) mass is 670 g/mol. The molecule has 51 heavy (non-hydrogen) atoms. The minimum Gasteiger partial charge on any atom is -0.0656 e. The van der Waals surface area contributed by atoms with Crippen LogP contribution in [0.15, 0.2) is 158 Å². The van der Waals surface area contributed by atoms with Crippen molar-refractivity contribution in [3.63, 3.8) is 0 Å². The van der Waals surface area contributed by atoms with E-state index in [9.17, 15) is 0 Å². The molecule has 1 spiro atoms. The van der Waals surface area contributed by atoms with Crippen LogP contribution in [0.3, 0.4) is 0 Å². The lowest BCUT2D eigenvalue weighted by Crippen LogP contribution is -2.37. The number of rotatable bonds is 4. The first-order chi connectivity index (χ1) is 24.7. The molecule has 1 unspecified atom stereocenters. The van der Waals surface area contributed by atoms with Gasteiger partial charge in [-0.3, -0.25) is 0 Å². The van der Waals surface area contributed by atoms with Gasteiger partial charge in [0.1, 0.15) is 0 Å². The van der Waals surface area contributed by atoms with E-state index in [1.165, 1.54) is 88.6 Å². The predicted octanol–water partition coefficient (Wildman–Crippen LogP) is 12.1. The van der Waals surface area contributed by atoms with Gasteiger partial charge in [-0.1, -0.05) is 196 Å². The molecule has 0 N–H and O–H groups in total. The van der Waals surface area contributed by atoms with Crippen LogP contribution < -0.4 is 5.19 Å². The quantitative estimate of drug-likeness (QED) is 0.129. The van der Waals surface area contributed by atoms with Gasteiger partial charge in [0, 0.05) is 11.3 Å². The molecule has 0 radical (unpaired) electrons. The minimum atomic E-state index is -1.46. The number of hydrogen-bond donors (Lipinski definition) is 0. The minimum absolute atomic E-state index is 0.0604. The lowest BCUT2D eigenvalue weighted by Gasteiger charge is -2.31. The van der Waals surface area contributed by atoms with Crippen molar-refractivity contribution in [1.82, 2.24) is 0 Å². The van der Waals surface area contributed by atoms with Gasteiger partial charge >= 0.3 is 0 Å². The molecular formula is C50H42Si. The summed E-state index contributed by atoms with van der Waals surface area (Å²) in [5.41, 5.74) is 20.2. The van der Waals surface area contributed by atoms with E-state index in [1.54, 1.807) is 0 Å². The third-order valence-electron chi connectivity index (χ3n) is 12.4. The Bertz CT molecular complexity index is 2480. The first-order valence-corrected chi connectivity index (χ1v) is 22.0. The van der Waals surface area contributed by atoms with Gasteiger partial charge < -0.3 is 0 Å². The normalized spacial score (nSPS) is 15.8. The molecule has 3 aliphatic rings. The Kier molecular flexibility index (Phi) is 6.38. The molecule has 0 nitrogen and oxygen atoms in total. The second kappa shape index (κ2) is 10.6. The van der Waals surface area contributed by atoms with E-state index < -0.39 is 8.07 Å². The van der Waals surface area contributed by atoms with Crippen LogP contribution in [0.5, 0.6) is 0 Å². The van der Waals surface area contributed by atoms with Crippen molar-refractivity contribution in [3.8, 4) is 33.4 Å². The maximum absolute atomic E-state index is 2.58. The molecule has 1 heteroatoms. The zero-order valence-corrected chi connectivity index (χ0v) is 31.1. The van der Waals surface area contributed by atoms with Gasteiger partial charge in [0.2, 0.25) is 0 Å². The summed E-state index contributed by atoms with van der Waals surface area (Å²) in [6.45, 7) is 12.1. The van der Waals surface area contributed by atoms with E-state index in [0.29, 0.717) is 0 Å². The summed E-state index contributed by atoms with van der Waals surface area (Å²) in [5.74, 6) is 0.0865. The van der Waals surface area contributed by atoms with Crippen molar-refractivity contribution in [2.24, 2.45) is 0 Å². The topological polar surface area (TPSA) is 0 Å². The molecule has 0 saturated heterocycles. The van der Waals surface area contributed by atoms with Crippen LogP contribution in [0, 0.1) is 0 Å². The van der Waals surface area contributed by atoms with Crippen molar-refractivity contribution in [2.75, 3.05) is 0 Å². The van der Waals surface area contributed by atoms with Crippen molar-refractivity contribution < 1.29 is 0 Å². The lowest BCUT2D eigenvalue weighted by atomic mass is 9.70. The lowest BCUT2D eigenvalue weighted by molar-refractivity contribution is 0.659. The standard InChI is InChI=1S/C50H42Si/c1-49(2)42-18-10-6-14-36(42)40-28-24-33(30-46(40)49)48(32-22-26-35(27-23-32)51(3,4)5)34-25-29-41-39-17-9-13-21-45(39)50(47(41)31-34)43-19-11-7-15-37(43)38-16-8-12-20-44(38)50/h6-31,48H,1-5H3. The highest BCUT2D eigenvalue weighted by atomic mass is 28.3. The van der Waals surface area contributed by atoms with Gasteiger partial charge in [-0.25, -0.2) is 0 Å². The van der Waals surface area contributed by atoms with Crippen molar-refractivity contribution in [1.29, 1.82) is 0 Å². The summed E-state index contributed by atoms with van der Waals surface area (Å²) in [7, 11) is -1.46. The van der Waals surface area contributed by atoms with Crippen LogP contribution in [0.4, 0.5) is 0 Å². The molecule has 3 aliphatic carbocycles. The average molecular weight is 671 g/mol. The smallest absolute Gasteiger partial charge is 0.0656 e. The van der Waals surface area contributed by atoms with Crippen LogP contribution >= 0.6 is 0 Å². The molecule has 246 valence electrons. The van der Waals surface area contributed by atoms with Crippen LogP contribution in [-0.4, -0.2) is 8.07 Å². The highest BCUT2D eigenvalue weighted by molar-refractivity contribution is 6.88. The largest absolute Gasteiger partial charge is 0.0775 e. The van der Waals surface area contributed by atoms with Crippen LogP contribution in [0.2, 0.25) is 19.6 Å². The van der Waals surface area contributed by atoms with E-state index in [1.807, 2.05) is 0 Å². The SMILES string of the molecule is CC1(C)c2ccccc2-c2ccc(C(c3ccc([Si](C)(C)C)cc3)c3ccc4c(c3)C3(c5ccccc5-c5ccccc53)c3ccccc3-4)cc21. The molecule has 0 heterocycles. The summed E-state index contributed by atoms with van der Waals surface area (Å²) < 4.78 is 0. The van der Waals surface area contributed by atoms with Gasteiger partial charge in [0.15, 0.2) is 0 Å². The molecule has 1 atom stereocenters. The Morgan fingerprint density at radius 2 is 0.745 bits per heavy atom. The third-order valence-corrected chi connectivity index (χ3v) is 14.5. The van der Waals surface area contributed by atoms with Crippen molar-refractivity contribution in [3.05, 3.63) is 208 Å². The highest BCUT2D eigenvalue weighted by Crippen LogP contribution is 2.63. The molecule has 0 aliphatic heterocycles. The zero-order valence-electron chi connectivity index (χ0n) is 30.1. The molecular weight excluding hydrogens is 629 g/mol. The first-order valence-electron chi connectivity index (χ1n) is 18.5. The zero-order chi connectivity index (χ0) is 34.7. The third kappa shape index (κ3) is 4.13. The van der Waals surface area contributed by atoms with E-state index in [4.69, 9.17) is 0 Å². The summed E-state index contributed by atoms with van der Waals surface area (Å²) in [6, 6.07) is 60.8. The molecule has 7 aromatic rings. The maximum atomic E-state index is 2.58. The highest BCUT2D eigenvalue weighted by Gasteiger charge is 2.51. The molecule has 0 bridgehead atoms. The number of hydrogen-bond acceptors (Lipinski definition) is 0. The Morgan fingerprint density at radius 3 is 1.24 bits per heavy atom. The summed E-state index contributed by atoms with van der Waals surface area (Å²) in [5, 5.41) is 1.50. The van der Waals surface area contributed by atoms with Crippen LogP contribution in [-0.2, 0) is 10.8 Å². The maximum Gasteiger partial charge on any atom is 0.0775 e. The van der Waals surface area contributed by atoms with Gasteiger partial charge in [0.25, 0.3) is 0 Å².